The van der Waals surface area contributed by atoms with Crippen LogP contribution in [0.5, 0.6) is 0 Å². The van der Waals surface area contributed by atoms with Gasteiger partial charge in [-0.3, -0.25) is 9.69 Å². The number of nitrogens with zero attached hydrogens (tertiary/aromatic N) is 6. The van der Waals surface area contributed by atoms with Gasteiger partial charge in [0.2, 0.25) is 5.91 Å². The molecule has 2 aromatic rings. The Hall–Kier alpha value is -1.80. The molecule has 1 spiro atoms. The summed E-state index contributed by atoms with van der Waals surface area (Å²) in [5.41, 5.74) is 1.57. The van der Waals surface area contributed by atoms with E-state index < -0.39 is 0 Å². The molecule has 0 aromatic carbocycles. The van der Waals surface area contributed by atoms with Gasteiger partial charge >= 0.3 is 0 Å². The Kier molecular flexibility index (Phi) is 5.03. The number of likely N-dealkylation sites (tertiary alicyclic amines) is 1. The van der Waals surface area contributed by atoms with E-state index in [0.717, 1.165) is 51.3 Å². The van der Waals surface area contributed by atoms with Crippen LogP contribution in [0.15, 0.2) is 16.8 Å². The molecule has 0 N–H and O–H groups in total. The number of aromatic nitrogens is 4. The maximum atomic E-state index is 12.2. The van der Waals surface area contributed by atoms with E-state index in [1.165, 1.54) is 5.56 Å². The number of rotatable bonds is 6. The molecule has 1 saturated carbocycles. The van der Waals surface area contributed by atoms with E-state index in [1.807, 2.05) is 4.68 Å². The minimum absolute atomic E-state index is 0.196. The molecule has 0 radical (unpaired) electrons. The van der Waals surface area contributed by atoms with Crippen LogP contribution in [0.4, 0.5) is 0 Å². The minimum Gasteiger partial charge on any atom is -0.335 e. The van der Waals surface area contributed by atoms with Crippen LogP contribution in [0.1, 0.15) is 57.5 Å². The molecule has 3 heterocycles. The first-order valence-electron chi connectivity index (χ1n) is 9.76. The first-order chi connectivity index (χ1) is 13.0. The van der Waals surface area contributed by atoms with Gasteiger partial charge in [0.1, 0.15) is 0 Å². The standard InChI is InChI=1S/C19H28N6OS/c1-14(2)25-18(20-21-22-25)12-23-7-5-19(6-8-23)10-17(19)24(15(3)26)11-16-4-9-27-13-16/h4,9,13-14,17H,5-8,10-12H2,1-3H3. The summed E-state index contributed by atoms with van der Waals surface area (Å²) in [5, 5.41) is 16.4. The largest absolute Gasteiger partial charge is 0.335 e. The van der Waals surface area contributed by atoms with Crippen molar-refractivity contribution in [1.29, 1.82) is 0 Å². The normalized spacial score (nSPS) is 21.7. The van der Waals surface area contributed by atoms with Crippen molar-refractivity contribution in [3.05, 3.63) is 28.2 Å². The summed E-state index contributed by atoms with van der Waals surface area (Å²) in [6, 6.07) is 2.80. The van der Waals surface area contributed by atoms with Gasteiger partial charge in [-0.15, -0.1) is 5.10 Å². The highest BCUT2D eigenvalue weighted by Gasteiger charge is 2.58. The second-order valence-corrected chi connectivity index (χ2v) is 9.05. The highest BCUT2D eigenvalue weighted by Crippen LogP contribution is 2.57. The molecular formula is C19H28N6OS. The molecule has 2 aliphatic rings. The third-order valence-corrected chi connectivity index (χ3v) is 6.86. The Bertz CT molecular complexity index is 778. The van der Waals surface area contributed by atoms with Crippen LogP contribution in [0.3, 0.4) is 0 Å². The highest BCUT2D eigenvalue weighted by molar-refractivity contribution is 7.07. The first-order valence-corrected chi connectivity index (χ1v) is 10.7. The van der Waals surface area contributed by atoms with E-state index in [0.29, 0.717) is 11.5 Å². The van der Waals surface area contributed by atoms with Gasteiger partial charge in [-0.1, -0.05) is 0 Å². The van der Waals surface area contributed by atoms with E-state index in [-0.39, 0.29) is 11.9 Å². The molecule has 7 nitrogen and oxygen atoms in total. The van der Waals surface area contributed by atoms with E-state index in [9.17, 15) is 4.79 Å². The number of piperidine rings is 1. The molecule has 0 bridgehead atoms. The van der Waals surface area contributed by atoms with Crippen molar-refractivity contribution < 1.29 is 4.79 Å². The zero-order valence-corrected chi connectivity index (χ0v) is 17.2. The van der Waals surface area contributed by atoms with Crippen LogP contribution in [0.25, 0.3) is 0 Å². The summed E-state index contributed by atoms with van der Waals surface area (Å²) in [6.45, 7) is 9.55. The molecule has 1 unspecified atom stereocenters. The molecule has 146 valence electrons. The van der Waals surface area contributed by atoms with E-state index in [2.05, 4.69) is 56.0 Å². The molecule has 27 heavy (non-hydrogen) atoms. The summed E-state index contributed by atoms with van der Waals surface area (Å²) >= 11 is 1.69. The lowest BCUT2D eigenvalue weighted by Gasteiger charge is -2.34. The number of tetrazole rings is 1. The van der Waals surface area contributed by atoms with Crippen LogP contribution in [0.2, 0.25) is 0 Å². The average Bonchev–Trinajstić information content (AvgIpc) is 3.02. The van der Waals surface area contributed by atoms with Gasteiger partial charge in [0, 0.05) is 19.5 Å². The van der Waals surface area contributed by atoms with Gasteiger partial charge in [-0.2, -0.15) is 11.3 Å². The zero-order chi connectivity index (χ0) is 19.0. The van der Waals surface area contributed by atoms with Crippen LogP contribution in [0, 0.1) is 5.41 Å². The Morgan fingerprint density at radius 2 is 2.19 bits per heavy atom. The fraction of sp³-hybridized carbons (Fsp3) is 0.684. The van der Waals surface area contributed by atoms with Crippen molar-refractivity contribution in [2.24, 2.45) is 5.41 Å². The predicted octanol–water partition coefficient (Wildman–Crippen LogP) is 2.72. The van der Waals surface area contributed by atoms with Crippen molar-refractivity contribution in [2.75, 3.05) is 13.1 Å². The van der Waals surface area contributed by atoms with Crippen LogP contribution in [-0.2, 0) is 17.9 Å². The molecule has 1 aliphatic carbocycles. The zero-order valence-electron chi connectivity index (χ0n) is 16.3. The van der Waals surface area contributed by atoms with Gasteiger partial charge in [-0.25, -0.2) is 4.68 Å². The number of hydrogen-bond donors (Lipinski definition) is 0. The molecule has 1 atom stereocenters. The lowest BCUT2D eigenvalue weighted by atomic mass is 9.92. The minimum atomic E-state index is 0.196. The molecular weight excluding hydrogens is 360 g/mol. The second-order valence-electron chi connectivity index (χ2n) is 8.27. The SMILES string of the molecule is CC(=O)N(Cc1ccsc1)C1CC12CCN(Cc1nnnn1C(C)C)CC2. The van der Waals surface area contributed by atoms with Crippen molar-refractivity contribution in [2.45, 2.75) is 65.2 Å². The fourth-order valence-corrected chi connectivity index (χ4v) is 5.06. The Balaban J connectivity index is 1.35. The summed E-state index contributed by atoms with van der Waals surface area (Å²) in [7, 11) is 0. The lowest BCUT2D eigenvalue weighted by molar-refractivity contribution is -0.130. The lowest BCUT2D eigenvalue weighted by Crippen LogP contribution is -2.40. The van der Waals surface area contributed by atoms with Crippen LogP contribution < -0.4 is 0 Å². The average molecular weight is 389 g/mol. The Labute approximate surface area is 164 Å². The number of thiophene rings is 1. The number of carbonyl (C=O) groups excluding carboxylic acids is 1. The van der Waals surface area contributed by atoms with E-state index in [1.54, 1.807) is 18.3 Å². The second kappa shape index (κ2) is 7.31. The fourth-order valence-electron chi connectivity index (χ4n) is 4.40. The van der Waals surface area contributed by atoms with E-state index in [4.69, 9.17) is 0 Å². The molecule has 4 rings (SSSR count). The van der Waals surface area contributed by atoms with Crippen LogP contribution >= 0.6 is 11.3 Å². The molecule has 2 fully saturated rings. The number of amides is 1. The van der Waals surface area contributed by atoms with Gasteiger partial charge in [-0.05, 0) is 84.4 Å². The molecule has 1 saturated heterocycles. The Morgan fingerprint density at radius 1 is 1.41 bits per heavy atom. The van der Waals surface area contributed by atoms with Gasteiger partial charge in [0.05, 0.1) is 12.6 Å². The smallest absolute Gasteiger partial charge is 0.220 e. The topological polar surface area (TPSA) is 67.2 Å². The summed E-state index contributed by atoms with van der Waals surface area (Å²) in [4.78, 5) is 16.8. The third-order valence-electron chi connectivity index (χ3n) is 6.13. The third kappa shape index (κ3) is 3.78. The Morgan fingerprint density at radius 3 is 2.81 bits per heavy atom. The molecule has 1 aliphatic heterocycles. The van der Waals surface area contributed by atoms with Crippen molar-refractivity contribution in [3.8, 4) is 0 Å². The highest BCUT2D eigenvalue weighted by atomic mass is 32.1. The number of carbonyl (C=O) groups is 1. The molecule has 1 amide bonds. The molecule has 8 heteroatoms. The summed E-state index contributed by atoms with van der Waals surface area (Å²) in [6.07, 6.45) is 3.44. The van der Waals surface area contributed by atoms with Crippen molar-refractivity contribution >= 4 is 17.2 Å². The van der Waals surface area contributed by atoms with Crippen molar-refractivity contribution in [1.82, 2.24) is 30.0 Å². The maximum Gasteiger partial charge on any atom is 0.220 e. The van der Waals surface area contributed by atoms with Crippen LogP contribution in [-0.4, -0.2) is 55.0 Å². The van der Waals surface area contributed by atoms with Gasteiger partial charge in [0.15, 0.2) is 5.82 Å². The summed E-state index contributed by atoms with van der Waals surface area (Å²) < 4.78 is 1.91. The summed E-state index contributed by atoms with van der Waals surface area (Å²) in [5.74, 6) is 1.14. The monoisotopic (exact) mass is 388 g/mol. The van der Waals surface area contributed by atoms with Crippen molar-refractivity contribution in [3.63, 3.8) is 0 Å². The van der Waals surface area contributed by atoms with Gasteiger partial charge < -0.3 is 4.90 Å². The first kappa shape index (κ1) is 18.6. The van der Waals surface area contributed by atoms with Gasteiger partial charge in [0.25, 0.3) is 0 Å². The quantitative estimate of drug-likeness (QED) is 0.761. The van der Waals surface area contributed by atoms with E-state index >= 15 is 0 Å². The number of hydrogen-bond acceptors (Lipinski definition) is 6. The maximum absolute atomic E-state index is 12.2. The molecule has 2 aromatic heterocycles. The predicted molar refractivity (Wildman–Crippen MR) is 104 cm³/mol.